The largest absolute Gasteiger partial charge is 0.452 e. The maximum atomic E-state index is 13.2. The fourth-order valence-electron chi connectivity index (χ4n) is 3.38. The lowest BCUT2D eigenvalue weighted by Crippen LogP contribution is -2.29. The van der Waals surface area contributed by atoms with Gasteiger partial charge in [-0.2, -0.15) is 0 Å². The maximum absolute atomic E-state index is 13.2. The Morgan fingerprint density at radius 1 is 1.03 bits per heavy atom. The van der Waals surface area contributed by atoms with Crippen LogP contribution < -0.4 is 5.32 Å². The highest BCUT2D eigenvalue weighted by Crippen LogP contribution is 2.21. The molecule has 0 saturated carbocycles. The smallest absolute Gasteiger partial charge is 0.340 e. The van der Waals surface area contributed by atoms with Gasteiger partial charge in [-0.1, -0.05) is 30.3 Å². The van der Waals surface area contributed by atoms with Crippen LogP contribution in [0, 0.1) is 19.7 Å². The number of esters is 1. The second-order valence-corrected chi connectivity index (χ2v) is 7.11. The van der Waals surface area contributed by atoms with Crippen LogP contribution in [0.2, 0.25) is 0 Å². The van der Waals surface area contributed by atoms with Gasteiger partial charge in [0.25, 0.3) is 5.91 Å². The summed E-state index contributed by atoms with van der Waals surface area (Å²) >= 11 is 0. The van der Waals surface area contributed by atoms with E-state index in [0.717, 1.165) is 24.2 Å². The van der Waals surface area contributed by atoms with Gasteiger partial charge in [0, 0.05) is 23.6 Å². The molecule has 0 aliphatic carbocycles. The second kappa shape index (κ2) is 9.87. The molecule has 3 rings (SSSR count). The number of carbonyl (C=O) groups excluding carboxylic acids is 2. The van der Waals surface area contributed by atoms with E-state index in [-0.39, 0.29) is 18.3 Å². The summed E-state index contributed by atoms with van der Waals surface area (Å²) in [5, 5.41) is 2.77. The lowest BCUT2D eigenvalue weighted by atomic mass is 10.1. The molecule has 0 unspecified atom stereocenters. The van der Waals surface area contributed by atoms with Crippen molar-refractivity contribution in [2.45, 2.75) is 26.7 Å². The third-order valence-corrected chi connectivity index (χ3v) is 4.88. The van der Waals surface area contributed by atoms with Gasteiger partial charge < -0.3 is 14.6 Å². The molecule has 0 atom stereocenters. The summed E-state index contributed by atoms with van der Waals surface area (Å²) in [4.78, 5) is 24.4. The molecule has 1 amide bonds. The van der Waals surface area contributed by atoms with Gasteiger partial charge in [-0.3, -0.25) is 4.79 Å². The Balaban J connectivity index is 1.50. The number of benzene rings is 2. The highest BCUT2D eigenvalue weighted by atomic mass is 19.1. The number of carbonyl (C=O) groups is 2. The number of hydrogen-bond acceptors (Lipinski definition) is 3. The number of aryl methyl sites for hydroxylation is 2. The van der Waals surface area contributed by atoms with E-state index in [1.165, 1.54) is 17.7 Å². The molecule has 0 aliphatic rings. The Morgan fingerprint density at radius 2 is 1.73 bits per heavy atom. The Labute approximate surface area is 175 Å². The minimum atomic E-state index is -0.559. The molecule has 156 valence electrons. The van der Waals surface area contributed by atoms with Gasteiger partial charge in [-0.05, 0) is 62.6 Å². The second-order valence-electron chi connectivity index (χ2n) is 7.11. The van der Waals surface area contributed by atoms with Gasteiger partial charge in [0.2, 0.25) is 0 Å². The van der Waals surface area contributed by atoms with Crippen LogP contribution >= 0.6 is 0 Å². The van der Waals surface area contributed by atoms with Crippen molar-refractivity contribution in [3.8, 4) is 5.69 Å². The van der Waals surface area contributed by atoms with Crippen molar-refractivity contribution in [3.63, 3.8) is 0 Å². The van der Waals surface area contributed by atoms with Gasteiger partial charge in [0.15, 0.2) is 6.61 Å². The molecule has 0 saturated heterocycles. The molecule has 1 aromatic heterocycles. The molecular weight excluding hydrogens is 383 g/mol. The lowest BCUT2D eigenvalue weighted by Gasteiger charge is -2.10. The summed E-state index contributed by atoms with van der Waals surface area (Å²) in [6.07, 6.45) is 1.68. The molecule has 2 aromatic carbocycles. The summed E-state index contributed by atoms with van der Waals surface area (Å²) in [5.74, 6) is -1.21. The van der Waals surface area contributed by atoms with E-state index in [1.807, 2.05) is 41.8 Å². The van der Waals surface area contributed by atoms with Gasteiger partial charge in [-0.15, -0.1) is 0 Å². The summed E-state index contributed by atoms with van der Waals surface area (Å²) in [6, 6.07) is 17.8. The zero-order chi connectivity index (χ0) is 21.5. The van der Waals surface area contributed by atoms with Crippen molar-refractivity contribution < 1.29 is 18.7 Å². The standard InChI is InChI=1S/C24H25FN2O3/c1-17-15-22(18(2)27(17)21-12-10-20(25)11-13-21)24(29)30-16-23(28)26-14-6-9-19-7-4-3-5-8-19/h3-5,7-8,10-13,15H,6,9,14,16H2,1-2H3,(H,26,28). The van der Waals surface area contributed by atoms with E-state index < -0.39 is 5.97 Å². The molecule has 0 fully saturated rings. The van der Waals surface area contributed by atoms with Crippen LogP contribution in [0.15, 0.2) is 60.7 Å². The number of nitrogens with zero attached hydrogens (tertiary/aromatic N) is 1. The average molecular weight is 408 g/mol. The number of amides is 1. The minimum Gasteiger partial charge on any atom is -0.452 e. The summed E-state index contributed by atoms with van der Waals surface area (Å²) in [6.45, 7) is 3.83. The van der Waals surface area contributed by atoms with Crippen LogP contribution in [-0.4, -0.2) is 29.6 Å². The molecule has 1 heterocycles. The quantitative estimate of drug-likeness (QED) is 0.450. The molecule has 0 aliphatic heterocycles. The van der Waals surface area contributed by atoms with Gasteiger partial charge in [0.05, 0.1) is 5.56 Å². The van der Waals surface area contributed by atoms with E-state index in [1.54, 1.807) is 25.1 Å². The van der Waals surface area contributed by atoms with Gasteiger partial charge in [0.1, 0.15) is 5.82 Å². The van der Waals surface area contributed by atoms with Gasteiger partial charge in [-0.25, -0.2) is 9.18 Å². The Morgan fingerprint density at radius 3 is 2.43 bits per heavy atom. The third kappa shape index (κ3) is 5.35. The number of ether oxygens (including phenoxy) is 1. The van der Waals surface area contributed by atoms with Crippen LogP contribution in [0.1, 0.15) is 33.7 Å². The molecule has 30 heavy (non-hydrogen) atoms. The minimum absolute atomic E-state index is 0.323. The van der Waals surface area contributed by atoms with E-state index in [4.69, 9.17) is 4.74 Å². The van der Waals surface area contributed by atoms with Crippen LogP contribution in [0.3, 0.4) is 0 Å². The highest BCUT2D eigenvalue weighted by Gasteiger charge is 2.19. The number of hydrogen-bond donors (Lipinski definition) is 1. The molecule has 1 N–H and O–H groups in total. The zero-order valence-corrected chi connectivity index (χ0v) is 17.2. The van der Waals surface area contributed by atoms with Crippen LogP contribution in [0.4, 0.5) is 4.39 Å². The van der Waals surface area contributed by atoms with E-state index in [2.05, 4.69) is 5.32 Å². The van der Waals surface area contributed by atoms with Crippen molar-refractivity contribution in [1.29, 1.82) is 0 Å². The Bertz CT molecular complexity index is 1010. The van der Waals surface area contributed by atoms with Gasteiger partial charge >= 0.3 is 5.97 Å². The summed E-state index contributed by atoms with van der Waals surface area (Å²) in [5.41, 5.74) is 3.84. The first-order valence-electron chi connectivity index (χ1n) is 9.88. The van der Waals surface area contributed by atoms with E-state index in [0.29, 0.717) is 17.8 Å². The third-order valence-electron chi connectivity index (χ3n) is 4.88. The monoisotopic (exact) mass is 408 g/mol. The van der Waals surface area contributed by atoms with Crippen molar-refractivity contribution in [1.82, 2.24) is 9.88 Å². The predicted octanol–water partition coefficient (Wildman–Crippen LogP) is 4.14. The number of rotatable bonds is 8. The molecule has 5 nitrogen and oxygen atoms in total. The van der Waals surface area contributed by atoms with E-state index in [9.17, 15) is 14.0 Å². The topological polar surface area (TPSA) is 60.3 Å². The van der Waals surface area contributed by atoms with E-state index >= 15 is 0 Å². The maximum Gasteiger partial charge on any atom is 0.340 e. The molecule has 3 aromatic rings. The van der Waals surface area contributed by atoms with Crippen LogP contribution in [0.5, 0.6) is 0 Å². The summed E-state index contributed by atoms with van der Waals surface area (Å²) < 4.78 is 20.2. The molecular formula is C24H25FN2O3. The van der Waals surface area contributed by atoms with Crippen LogP contribution in [-0.2, 0) is 16.0 Å². The fraction of sp³-hybridized carbons (Fsp3) is 0.250. The van der Waals surface area contributed by atoms with Crippen molar-refractivity contribution in [2.24, 2.45) is 0 Å². The zero-order valence-electron chi connectivity index (χ0n) is 17.2. The molecule has 0 radical (unpaired) electrons. The van der Waals surface area contributed by atoms with Crippen molar-refractivity contribution >= 4 is 11.9 Å². The highest BCUT2D eigenvalue weighted by molar-refractivity contribution is 5.93. The number of aromatic nitrogens is 1. The predicted molar refractivity (Wildman–Crippen MR) is 113 cm³/mol. The normalized spacial score (nSPS) is 10.6. The molecule has 0 spiro atoms. The fourth-order valence-corrected chi connectivity index (χ4v) is 3.38. The SMILES string of the molecule is Cc1cc(C(=O)OCC(=O)NCCCc2ccccc2)c(C)n1-c1ccc(F)cc1. The number of nitrogens with one attached hydrogen (secondary N) is 1. The van der Waals surface area contributed by atoms with Crippen LogP contribution in [0.25, 0.3) is 5.69 Å². The van der Waals surface area contributed by atoms with Crippen molar-refractivity contribution in [3.05, 3.63) is 89.0 Å². The first-order valence-corrected chi connectivity index (χ1v) is 9.88. The first kappa shape index (κ1) is 21.3. The molecule has 0 bridgehead atoms. The number of halogens is 1. The first-order chi connectivity index (χ1) is 14.5. The Hall–Kier alpha value is -3.41. The Kier molecular flexibility index (Phi) is 7.01. The van der Waals surface area contributed by atoms with Crippen molar-refractivity contribution in [2.75, 3.05) is 13.2 Å². The molecule has 6 heteroatoms. The summed E-state index contributed by atoms with van der Waals surface area (Å²) in [7, 11) is 0. The average Bonchev–Trinajstić information content (AvgIpc) is 3.05. The lowest BCUT2D eigenvalue weighted by molar-refractivity contribution is -0.124.